The van der Waals surface area contributed by atoms with Gasteiger partial charge in [-0.25, -0.2) is 13.6 Å². The van der Waals surface area contributed by atoms with Gasteiger partial charge in [0.05, 0.1) is 11.1 Å². The van der Waals surface area contributed by atoms with Crippen LogP contribution in [0.15, 0.2) is 41.4 Å². The third-order valence-electron chi connectivity index (χ3n) is 5.02. The van der Waals surface area contributed by atoms with Crippen LogP contribution in [0.2, 0.25) is 0 Å². The van der Waals surface area contributed by atoms with E-state index in [1.165, 1.54) is 24.4 Å². The summed E-state index contributed by atoms with van der Waals surface area (Å²) in [6, 6.07) is 9.79. The molecule has 7 nitrogen and oxygen atoms in total. The molecule has 0 saturated carbocycles. The Bertz CT molecular complexity index is 1230. The Kier molecular flexibility index (Phi) is 6.57. The van der Waals surface area contributed by atoms with E-state index in [9.17, 15) is 22.5 Å². The van der Waals surface area contributed by atoms with Gasteiger partial charge in [-0.05, 0) is 37.1 Å². The van der Waals surface area contributed by atoms with Crippen molar-refractivity contribution in [1.82, 2.24) is 9.55 Å². The van der Waals surface area contributed by atoms with Crippen molar-refractivity contribution in [3.05, 3.63) is 53.5 Å². The average Bonchev–Trinajstić information content (AvgIpc) is 2.99. The molecular weight excluding hydrogens is 426 g/mol. The lowest BCUT2D eigenvalue weighted by molar-refractivity contribution is -0.0497. The quantitative estimate of drug-likeness (QED) is 0.562. The molecule has 164 valence electrons. The van der Waals surface area contributed by atoms with E-state index in [2.05, 4.69) is 15.8 Å². The molecule has 2 N–H and O–H groups in total. The van der Waals surface area contributed by atoms with E-state index in [0.29, 0.717) is 35.1 Å². The normalized spacial score (nSPS) is 12.8. The Balaban J connectivity index is 2.03. The third-order valence-corrected chi connectivity index (χ3v) is 5.92. The van der Waals surface area contributed by atoms with Crippen molar-refractivity contribution in [1.29, 1.82) is 5.26 Å². The number of hydrogen-bond acceptors (Lipinski definition) is 5. The second-order valence-corrected chi connectivity index (χ2v) is 8.77. The SMILES string of the molecule is CCCn1c(CC(C)c2ccc(S(N)(=O)=O)cn2)c(C#N)c2ccc(OC(F)F)cc21. The number of nitriles is 1. The molecule has 0 fully saturated rings. The van der Waals surface area contributed by atoms with Gasteiger partial charge in [0.25, 0.3) is 0 Å². The molecule has 3 rings (SSSR count). The number of benzene rings is 1. The van der Waals surface area contributed by atoms with Gasteiger partial charge in [0, 0.05) is 41.5 Å². The predicted molar refractivity (Wildman–Crippen MR) is 111 cm³/mol. The lowest BCUT2D eigenvalue weighted by atomic mass is 9.98. The Morgan fingerprint density at radius 1 is 1.29 bits per heavy atom. The molecule has 0 aliphatic heterocycles. The van der Waals surface area contributed by atoms with Crippen LogP contribution in [0.3, 0.4) is 0 Å². The summed E-state index contributed by atoms with van der Waals surface area (Å²) in [5, 5.41) is 15.6. The van der Waals surface area contributed by atoms with E-state index in [0.717, 1.165) is 12.1 Å². The number of sulfonamides is 1. The summed E-state index contributed by atoms with van der Waals surface area (Å²) >= 11 is 0. The van der Waals surface area contributed by atoms with Crippen molar-refractivity contribution in [2.24, 2.45) is 5.14 Å². The molecular formula is C21H22F2N4O3S. The summed E-state index contributed by atoms with van der Waals surface area (Å²) in [7, 11) is -3.83. The van der Waals surface area contributed by atoms with E-state index < -0.39 is 16.6 Å². The Hall–Kier alpha value is -3.03. The summed E-state index contributed by atoms with van der Waals surface area (Å²) in [5.74, 6) is -0.111. The number of alkyl halides is 2. The van der Waals surface area contributed by atoms with E-state index in [-0.39, 0.29) is 16.6 Å². The number of primary sulfonamides is 1. The minimum Gasteiger partial charge on any atom is -0.435 e. The Morgan fingerprint density at radius 2 is 2.03 bits per heavy atom. The number of nitrogens with zero attached hydrogens (tertiary/aromatic N) is 3. The van der Waals surface area contributed by atoms with Crippen LogP contribution in [-0.2, 0) is 23.0 Å². The van der Waals surface area contributed by atoms with Gasteiger partial charge < -0.3 is 9.30 Å². The number of ether oxygens (including phenoxy) is 1. The van der Waals surface area contributed by atoms with E-state index in [1.54, 1.807) is 12.1 Å². The van der Waals surface area contributed by atoms with Gasteiger partial charge in [-0.15, -0.1) is 0 Å². The van der Waals surface area contributed by atoms with E-state index in [4.69, 9.17) is 5.14 Å². The van der Waals surface area contributed by atoms with Crippen molar-refractivity contribution in [3.8, 4) is 11.8 Å². The molecule has 1 unspecified atom stereocenters. The minimum atomic E-state index is -3.83. The first-order valence-electron chi connectivity index (χ1n) is 9.64. The smallest absolute Gasteiger partial charge is 0.387 e. The number of aromatic nitrogens is 2. The number of hydrogen-bond donors (Lipinski definition) is 1. The summed E-state index contributed by atoms with van der Waals surface area (Å²) in [4.78, 5) is 4.14. The molecule has 0 aliphatic carbocycles. The highest BCUT2D eigenvalue weighted by molar-refractivity contribution is 7.89. The van der Waals surface area contributed by atoms with Crippen molar-refractivity contribution in [2.45, 2.75) is 50.7 Å². The summed E-state index contributed by atoms with van der Waals surface area (Å²) in [5.41, 5.74) is 2.53. The van der Waals surface area contributed by atoms with Gasteiger partial charge in [0.15, 0.2) is 0 Å². The molecule has 2 aromatic heterocycles. The molecule has 0 spiro atoms. The van der Waals surface area contributed by atoms with Gasteiger partial charge in [0.1, 0.15) is 16.7 Å². The maximum absolute atomic E-state index is 12.6. The molecule has 1 aromatic carbocycles. The fourth-order valence-electron chi connectivity index (χ4n) is 3.62. The maximum Gasteiger partial charge on any atom is 0.387 e. The van der Waals surface area contributed by atoms with Crippen molar-refractivity contribution in [3.63, 3.8) is 0 Å². The summed E-state index contributed by atoms with van der Waals surface area (Å²) < 4.78 is 54.7. The molecule has 3 aromatic rings. The Labute approximate surface area is 179 Å². The molecule has 0 bridgehead atoms. The lowest BCUT2D eigenvalue weighted by Crippen LogP contribution is -2.13. The fraction of sp³-hybridized carbons (Fsp3) is 0.333. The highest BCUT2D eigenvalue weighted by Gasteiger charge is 2.21. The molecule has 1 atom stereocenters. The van der Waals surface area contributed by atoms with Crippen LogP contribution in [0.1, 0.15) is 43.1 Å². The monoisotopic (exact) mass is 448 g/mol. The van der Waals surface area contributed by atoms with Crippen LogP contribution < -0.4 is 9.88 Å². The summed E-state index contributed by atoms with van der Waals surface area (Å²) in [6.45, 7) is 1.56. The van der Waals surface area contributed by atoms with Gasteiger partial charge in [0.2, 0.25) is 10.0 Å². The highest BCUT2D eigenvalue weighted by Crippen LogP contribution is 2.33. The van der Waals surface area contributed by atoms with Crippen LogP contribution in [0.25, 0.3) is 10.9 Å². The van der Waals surface area contributed by atoms with Crippen molar-refractivity contribution >= 4 is 20.9 Å². The second-order valence-electron chi connectivity index (χ2n) is 7.21. The van der Waals surface area contributed by atoms with Crippen LogP contribution >= 0.6 is 0 Å². The number of rotatable bonds is 8. The number of halogens is 2. The molecule has 0 aliphatic rings. The van der Waals surface area contributed by atoms with E-state index in [1.807, 2.05) is 18.4 Å². The molecule has 0 amide bonds. The first kappa shape index (κ1) is 22.7. The number of fused-ring (bicyclic) bond motifs is 1. The van der Waals surface area contributed by atoms with Gasteiger partial charge in [-0.1, -0.05) is 13.8 Å². The molecule has 0 radical (unpaired) electrons. The lowest BCUT2D eigenvalue weighted by Gasteiger charge is -2.15. The molecule has 10 heteroatoms. The number of aryl methyl sites for hydroxylation is 1. The van der Waals surface area contributed by atoms with Crippen LogP contribution in [-0.4, -0.2) is 24.6 Å². The fourth-order valence-corrected chi connectivity index (χ4v) is 4.08. The largest absolute Gasteiger partial charge is 0.435 e. The van der Waals surface area contributed by atoms with Crippen LogP contribution in [0.5, 0.6) is 5.75 Å². The first-order chi connectivity index (χ1) is 14.7. The van der Waals surface area contributed by atoms with Crippen molar-refractivity contribution < 1.29 is 21.9 Å². The van der Waals surface area contributed by atoms with Crippen LogP contribution in [0, 0.1) is 11.3 Å². The molecule has 0 saturated heterocycles. The topological polar surface area (TPSA) is 111 Å². The minimum absolute atomic E-state index is 0.0293. The van der Waals surface area contributed by atoms with E-state index >= 15 is 0 Å². The highest BCUT2D eigenvalue weighted by atomic mass is 32.2. The third kappa shape index (κ3) is 4.84. The number of pyridine rings is 1. The zero-order chi connectivity index (χ0) is 22.8. The van der Waals surface area contributed by atoms with Crippen LogP contribution in [0.4, 0.5) is 8.78 Å². The van der Waals surface area contributed by atoms with Gasteiger partial charge >= 0.3 is 6.61 Å². The first-order valence-corrected chi connectivity index (χ1v) is 11.2. The Morgan fingerprint density at radius 3 is 2.58 bits per heavy atom. The molecule has 31 heavy (non-hydrogen) atoms. The maximum atomic E-state index is 12.6. The van der Waals surface area contributed by atoms with Gasteiger partial charge in [-0.2, -0.15) is 14.0 Å². The standard InChI is InChI=1S/C21H22F2N4O3S/c1-3-8-27-19(9-13(2)18-7-5-15(12-26-18)31(25,28)29)17(11-24)16-6-4-14(10-20(16)27)30-21(22)23/h4-7,10,12-13,21H,3,8-9H2,1-2H3,(H2,25,28,29). The van der Waals surface area contributed by atoms with Gasteiger partial charge in [-0.3, -0.25) is 4.98 Å². The predicted octanol–water partition coefficient (Wildman–Crippen LogP) is 3.91. The van der Waals surface area contributed by atoms with Crippen molar-refractivity contribution in [2.75, 3.05) is 0 Å². The zero-order valence-corrected chi connectivity index (χ0v) is 17.9. The average molecular weight is 448 g/mol. The molecule has 2 heterocycles. The summed E-state index contributed by atoms with van der Waals surface area (Å²) in [6.07, 6.45) is 2.43. The second kappa shape index (κ2) is 8.99. The zero-order valence-electron chi connectivity index (χ0n) is 17.0. The number of nitrogens with two attached hydrogens (primary N) is 1.